The molecule has 6 nitrogen and oxygen atoms in total. The van der Waals surface area contributed by atoms with Gasteiger partial charge in [0.05, 0.1) is 12.6 Å². The van der Waals surface area contributed by atoms with E-state index in [0.29, 0.717) is 12.2 Å². The van der Waals surface area contributed by atoms with Gasteiger partial charge in [0.1, 0.15) is 18.8 Å². The Labute approximate surface area is 136 Å². The monoisotopic (exact) mass is 342 g/mol. The molecule has 0 aliphatic carbocycles. The molecule has 130 valence electrons. The first-order valence-electron chi connectivity index (χ1n) is 7.27. The third-order valence-electron chi connectivity index (χ3n) is 3.14. The average Bonchev–Trinajstić information content (AvgIpc) is 3.04. The van der Waals surface area contributed by atoms with Gasteiger partial charge < -0.3 is 10.1 Å². The molecule has 0 spiro atoms. The number of amides is 1. The van der Waals surface area contributed by atoms with Gasteiger partial charge in [0.15, 0.2) is 0 Å². The molecule has 0 saturated carbocycles. The number of aromatic amines is 1. The molecule has 0 radical (unpaired) electrons. The molecule has 1 heterocycles. The van der Waals surface area contributed by atoms with Crippen LogP contribution in [0.5, 0.6) is 0 Å². The van der Waals surface area contributed by atoms with Crippen LogP contribution in [-0.2, 0) is 16.0 Å². The van der Waals surface area contributed by atoms with Gasteiger partial charge in [-0.1, -0.05) is 30.3 Å². The number of hydrogen-bond donors (Lipinski definition) is 2. The van der Waals surface area contributed by atoms with Gasteiger partial charge in [-0.2, -0.15) is 18.3 Å². The maximum absolute atomic E-state index is 12.0. The van der Waals surface area contributed by atoms with Crippen LogP contribution in [0.25, 0.3) is 0 Å². The van der Waals surface area contributed by atoms with Crippen molar-refractivity contribution in [2.24, 2.45) is 0 Å². The lowest BCUT2D eigenvalue weighted by Crippen LogP contribution is -2.31. The highest BCUT2D eigenvalue weighted by atomic mass is 19.4. The molecule has 0 aliphatic heterocycles. The number of nitrogens with zero attached hydrogens (tertiary/aromatic N) is 2. The third-order valence-corrected chi connectivity index (χ3v) is 3.14. The summed E-state index contributed by atoms with van der Waals surface area (Å²) in [6.07, 6.45) is -2.80. The lowest BCUT2D eigenvalue weighted by atomic mass is 10.0. The van der Waals surface area contributed by atoms with Gasteiger partial charge in [-0.05, 0) is 5.56 Å². The van der Waals surface area contributed by atoms with Crippen molar-refractivity contribution in [1.82, 2.24) is 20.5 Å². The minimum absolute atomic E-state index is 0.157. The minimum Gasteiger partial charge on any atom is -0.372 e. The van der Waals surface area contributed by atoms with Crippen LogP contribution in [-0.4, -0.2) is 40.5 Å². The molecule has 1 aromatic carbocycles. The second kappa shape index (κ2) is 8.44. The van der Waals surface area contributed by atoms with E-state index in [2.05, 4.69) is 25.2 Å². The van der Waals surface area contributed by atoms with Crippen LogP contribution in [0.2, 0.25) is 0 Å². The molecule has 2 N–H and O–H groups in total. The Hall–Kier alpha value is -2.42. The van der Waals surface area contributed by atoms with Gasteiger partial charge in [0.25, 0.3) is 0 Å². The molecule has 9 heteroatoms. The predicted octanol–water partition coefficient (Wildman–Crippen LogP) is 2.17. The average molecular weight is 342 g/mol. The SMILES string of the molecule is O=C(CCOCC(F)(F)F)NC(Cc1ncn[nH]1)c1ccccc1. The molecule has 0 aliphatic rings. The molecular formula is C15H17F3N4O2. The molecular weight excluding hydrogens is 325 g/mol. The number of carbonyl (C=O) groups excluding carboxylic acids is 1. The lowest BCUT2D eigenvalue weighted by Gasteiger charge is -2.18. The second-order valence-corrected chi connectivity index (χ2v) is 5.08. The highest BCUT2D eigenvalue weighted by molar-refractivity contribution is 5.76. The third kappa shape index (κ3) is 6.37. The molecule has 24 heavy (non-hydrogen) atoms. The van der Waals surface area contributed by atoms with Gasteiger partial charge in [-0.15, -0.1) is 0 Å². The number of H-pyrrole nitrogens is 1. The summed E-state index contributed by atoms with van der Waals surface area (Å²) in [4.78, 5) is 16.0. The standard InChI is InChI=1S/C15H17F3N4O2/c16-15(17,18)9-24-7-6-14(23)21-12(8-13-19-10-20-22-13)11-4-2-1-3-5-11/h1-5,10,12H,6-9H2,(H,21,23)(H,19,20,22). The second-order valence-electron chi connectivity index (χ2n) is 5.08. The Bertz CT molecular complexity index is 617. The van der Waals surface area contributed by atoms with Crippen LogP contribution >= 0.6 is 0 Å². The van der Waals surface area contributed by atoms with E-state index in [1.807, 2.05) is 30.3 Å². The lowest BCUT2D eigenvalue weighted by molar-refractivity contribution is -0.174. The summed E-state index contributed by atoms with van der Waals surface area (Å²) < 4.78 is 40.4. The zero-order valence-corrected chi connectivity index (χ0v) is 12.7. The summed E-state index contributed by atoms with van der Waals surface area (Å²) in [5.74, 6) is 0.197. The summed E-state index contributed by atoms with van der Waals surface area (Å²) in [6, 6.07) is 8.85. The Morgan fingerprint density at radius 3 is 2.67 bits per heavy atom. The van der Waals surface area contributed by atoms with Gasteiger partial charge >= 0.3 is 6.18 Å². The van der Waals surface area contributed by atoms with E-state index in [9.17, 15) is 18.0 Å². The van der Waals surface area contributed by atoms with Crippen molar-refractivity contribution in [1.29, 1.82) is 0 Å². The van der Waals surface area contributed by atoms with Gasteiger partial charge in [-0.3, -0.25) is 9.89 Å². The molecule has 1 atom stereocenters. The Morgan fingerprint density at radius 1 is 1.29 bits per heavy atom. The Kier molecular flexibility index (Phi) is 6.30. The summed E-state index contributed by atoms with van der Waals surface area (Å²) >= 11 is 0. The maximum atomic E-state index is 12.0. The number of ether oxygens (including phenoxy) is 1. The van der Waals surface area contributed by atoms with Crippen molar-refractivity contribution in [3.05, 3.63) is 48.0 Å². The van der Waals surface area contributed by atoms with E-state index in [0.717, 1.165) is 5.56 Å². The number of carbonyl (C=O) groups is 1. The smallest absolute Gasteiger partial charge is 0.372 e. The van der Waals surface area contributed by atoms with Crippen LogP contribution < -0.4 is 5.32 Å². The zero-order chi connectivity index (χ0) is 17.4. The fraction of sp³-hybridized carbons (Fsp3) is 0.400. The van der Waals surface area contributed by atoms with E-state index < -0.39 is 18.7 Å². The quantitative estimate of drug-likeness (QED) is 0.721. The maximum Gasteiger partial charge on any atom is 0.411 e. The summed E-state index contributed by atoms with van der Waals surface area (Å²) in [7, 11) is 0. The van der Waals surface area contributed by atoms with E-state index >= 15 is 0 Å². The van der Waals surface area contributed by atoms with Crippen LogP contribution in [0.15, 0.2) is 36.7 Å². The number of aromatic nitrogens is 3. The molecule has 1 unspecified atom stereocenters. The van der Waals surface area contributed by atoms with Crippen LogP contribution in [0.4, 0.5) is 13.2 Å². The fourth-order valence-corrected chi connectivity index (χ4v) is 2.08. The van der Waals surface area contributed by atoms with Gasteiger partial charge in [0, 0.05) is 12.8 Å². The fourth-order valence-electron chi connectivity index (χ4n) is 2.08. The highest BCUT2D eigenvalue weighted by Gasteiger charge is 2.27. The molecule has 0 fully saturated rings. The molecule has 0 bridgehead atoms. The molecule has 2 aromatic rings. The van der Waals surface area contributed by atoms with E-state index in [4.69, 9.17) is 0 Å². The van der Waals surface area contributed by atoms with E-state index in [1.165, 1.54) is 6.33 Å². The van der Waals surface area contributed by atoms with Crippen molar-refractivity contribution < 1.29 is 22.7 Å². The van der Waals surface area contributed by atoms with E-state index in [1.54, 1.807) is 0 Å². The Morgan fingerprint density at radius 2 is 2.04 bits per heavy atom. The van der Waals surface area contributed by atoms with Crippen molar-refractivity contribution in [3.63, 3.8) is 0 Å². The van der Waals surface area contributed by atoms with Gasteiger partial charge in [-0.25, -0.2) is 4.98 Å². The normalized spacial score (nSPS) is 12.8. The number of benzene rings is 1. The van der Waals surface area contributed by atoms with Crippen molar-refractivity contribution in [2.75, 3.05) is 13.2 Å². The number of halogens is 3. The summed E-state index contributed by atoms with van der Waals surface area (Å²) in [5, 5.41) is 9.26. The summed E-state index contributed by atoms with van der Waals surface area (Å²) in [6.45, 7) is -1.66. The molecule has 1 amide bonds. The molecule has 2 rings (SSSR count). The molecule has 0 saturated heterocycles. The van der Waals surface area contributed by atoms with Crippen molar-refractivity contribution in [2.45, 2.75) is 25.1 Å². The highest BCUT2D eigenvalue weighted by Crippen LogP contribution is 2.17. The largest absolute Gasteiger partial charge is 0.411 e. The van der Waals surface area contributed by atoms with Crippen molar-refractivity contribution >= 4 is 5.91 Å². The first-order valence-corrected chi connectivity index (χ1v) is 7.27. The number of hydrogen-bond acceptors (Lipinski definition) is 4. The minimum atomic E-state index is -4.39. The number of rotatable bonds is 8. The number of nitrogens with one attached hydrogen (secondary N) is 2. The van der Waals surface area contributed by atoms with Crippen molar-refractivity contribution in [3.8, 4) is 0 Å². The first kappa shape index (κ1) is 17.9. The predicted molar refractivity (Wildman–Crippen MR) is 78.9 cm³/mol. The van der Waals surface area contributed by atoms with Gasteiger partial charge in [0.2, 0.25) is 5.91 Å². The van der Waals surface area contributed by atoms with Crippen LogP contribution in [0, 0.1) is 0 Å². The molecule has 1 aromatic heterocycles. The zero-order valence-electron chi connectivity index (χ0n) is 12.7. The summed E-state index contributed by atoms with van der Waals surface area (Å²) in [5.41, 5.74) is 0.860. The Balaban J connectivity index is 1.89. The van der Waals surface area contributed by atoms with Crippen LogP contribution in [0.3, 0.4) is 0 Å². The van der Waals surface area contributed by atoms with Crippen LogP contribution in [0.1, 0.15) is 23.9 Å². The topological polar surface area (TPSA) is 79.9 Å². The first-order chi connectivity index (χ1) is 11.4. The number of alkyl halides is 3. The van der Waals surface area contributed by atoms with E-state index in [-0.39, 0.29) is 19.1 Å².